The first kappa shape index (κ1) is 23.0. The summed E-state index contributed by atoms with van der Waals surface area (Å²) < 4.78 is 48.7. The number of fused-ring (bicyclic) bond motifs is 1. The van der Waals surface area contributed by atoms with Crippen molar-refractivity contribution in [2.75, 3.05) is 29.7 Å². The van der Waals surface area contributed by atoms with Crippen LogP contribution < -0.4 is 20.3 Å². The van der Waals surface area contributed by atoms with Gasteiger partial charge in [0.15, 0.2) is 11.6 Å². The third kappa shape index (κ3) is 4.63. The number of carbonyl (C=O) groups excluding carboxylic acids is 1. The van der Waals surface area contributed by atoms with E-state index in [4.69, 9.17) is 9.47 Å². The summed E-state index contributed by atoms with van der Waals surface area (Å²) in [5.41, 5.74) is 1.19. The fourth-order valence-corrected chi connectivity index (χ4v) is 3.86. The second-order valence-electron chi connectivity index (χ2n) is 8.11. The van der Waals surface area contributed by atoms with Gasteiger partial charge < -0.3 is 25.0 Å². The minimum Gasteiger partial charge on any atom is -0.487 e. The van der Waals surface area contributed by atoms with Crippen molar-refractivity contribution in [1.82, 2.24) is 19.9 Å². The number of alkyl halides is 3. The minimum absolute atomic E-state index is 0.0278. The lowest BCUT2D eigenvalue weighted by molar-refractivity contribution is -0.145. The topological polar surface area (TPSA) is 114 Å². The van der Waals surface area contributed by atoms with Gasteiger partial charge in [-0.15, -0.1) is 0 Å². The molecule has 2 atom stereocenters. The fraction of sp³-hybridized carbons (Fsp3) is 0.550. The van der Waals surface area contributed by atoms with E-state index < -0.39 is 18.0 Å². The van der Waals surface area contributed by atoms with E-state index in [0.717, 1.165) is 12.4 Å². The summed E-state index contributed by atoms with van der Waals surface area (Å²) in [4.78, 5) is 29.9. The molecule has 1 fully saturated rings. The number of hydrogen-bond acceptors (Lipinski definition) is 9. The molecule has 1 saturated carbocycles. The summed E-state index contributed by atoms with van der Waals surface area (Å²) in [6, 6.07) is -0.503. The molecule has 0 aromatic carbocycles. The molecular weight excluding hydrogens is 443 g/mol. The summed E-state index contributed by atoms with van der Waals surface area (Å²) in [6.45, 7) is 3.60. The highest BCUT2D eigenvalue weighted by Crippen LogP contribution is 2.35. The lowest BCUT2D eigenvalue weighted by Crippen LogP contribution is -2.53. The van der Waals surface area contributed by atoms with Crippen molar-refractivity contribution in [2.24, 2.45) is 0 Å². The van der Waals surface area contributed by atoms with Crippen LogP contribution in [0, 0.1) is 6.92 Å². The molecule has 2 aromatic rings. The molecule has 2 aliphatic rings. The van der Waals surface area contributed by atoms with Crippen molar-refractivity contribution in [3.8, 4) is 5.75 Å². The predicted molar refractivity (Wildman–Crippen MR) is 112 cm³/mol. The number of halogens is 3. The molecular formula is C20H24F3N7O3. The van der Waals surface area contributed by atoms with Crippen LogP contribution in [0.25, 0.3) is 0 Å². The van der Waals surface area contributed by atoms with Gasteiger partial charge in [-0.05, 0) is 13.8 Å². The Bertz CT molecular complexity index is 1030. The molecule has 1 aliphatic heterocycles. The van der Waals surface area contributed by atoms with E-state index in [9.17, 15) is 18.0 Å². The first-order valence-electron chi connectivity index (χ1n) is 10.3. The Morgan fingerprint density at radius 1 is 1.24 bits per heavy atom. The molecule has 178 valence electrons. The highest BCUT2D eigenvalue weighted by molar-refractivity contribution is 6.03. The van der Waals surface area contributed by atoms with E-state index in [2.05, 4.69) is 30.6 Å². The Labute approximate surface area is 187 Å². The van der Waals surface area contributed by atoms with Crippen LogP contribution in [0.2, 0.25) is 0 Å². The molecule has 1 unspecified atom stereocenters. The first-order valence-corrected chi connectivity index (χ1v) is 10.3. The van der Waals surface area contributed by atoms with Crippen LogP contribution in [0.1, 0.15) is 31.3 Å². The molecule has 33 heavy (non-hydrogen) atoms. The Morgan fingerprint density at radius 3 is 2.52 bits per heavy atom. The molecule has 2 N–H and O–H groups in total. The number of nitrogens with zero attached hydrogens (tertiary/aromatic N) is 5. The number of amides is 1. The van der Waals surface area contributed by atoms with Gasteiger partial charge in [-0.3, -0.25) is 4.79 Å². The van der Waals surface area contributed by atoms with E-state index in [-0.39, 0.29) is 29.9 Å². The van der Waals surface area contributed by atoms with Gasteiger partial charge in [0, 0.05) is 33.0 Å². The van der Waals surface area contributed by atoms with Crippen molar-refractivity contribution in [3.05, 3.63) is 23.9 Å². The van der Waals surface area contributed by atoms with E-state index in [1.807, 2.05) is 6.92 Å². The Hall–Kier alpha value is -3.22. The summed E-state index contributed by atoms with van der Waals surface area (Å²) in [7, 11) is 3.33. The largest absolute Gasteiger partial charge is 0.487 e. The van der Waals surface area contributed by atoms with Crippen LogP contribution >= 0.6 is 0 Å². The SMILES string of the molecule is COC(C)[C@H]1C(=O)Nc2c(C)nc(NC3CC(Oc4cnc(C(F)(F)F)nc4)C3)nc2N1C. The van der Waals surface area contributed by atoms with E-state index >= 15 is 0 Å². The summed E-state index contributed by atoms with van der Waals surface area (Å²) >= 11 is 0. The summed E-state index contributed by atoms with van der Waals surface area (Å²) in [5, 5.41) is 6.12. The molecule has 1 aliphatic carbocycles. The standard InChI is InChI=1S/C20H24F3N7O3/c1-9-14-16(30(3)15(10(2)32-4)17(31)28-14)29-19(26-9)27-11-5-12(6-11)33-13-7-24-18(25-8-13)20(21,22)23/h7-8,10-12,15H,5-6H2,1-4H3,(H,28,31)(H,26,27,29)/t10?,11?,12?,15-/m0/s1. The second-order valence-corrected chi connectivity index (χ2v) is 8.11. The lowest BCUT2D eigenvalue weighted by atomic mass is 9.89. The van der Waals surface area contributed by atoms with Crippen LogP contribution in [0.3, 0.4) is 0 Å². The number of methoxy groups -OCH3 is 1. The average molecular weight is 467 g/mol. The number of likely N-dealkylation sites (N-methyl/N-ethyl adjacent to an activating group) is 1. The van der Waals surface area contributed by atoms with Crippen LogP contribution in [0.15, 0.2) is 12.4 Å². The van der Waals surface area contributed by atoms with Gasteiger partial charge in [-0.25, -0.2) is 15.0 Å². The van der Waals surface area contributed by atoms with Crippen molar-refractivity contribution in [1.29, 1.82) is 0 Å². The molecule has 0 saturated heterocycles. The number of aryl methyl sites for hydroxylation is 1. The zero-order valence-corrected chi connectivity index (χ0v) is 18.5. The first-order chi connectivity index (χ1) is 15.6. The maximum Gasteiger partial charge on any atom is 0.451 e. The maximum absolute atomic E-state index is 12.6. The van der Waals surface area contributed by atoms with E-state index in [1.54, 1.807) is 26.0 Å². The summed E-state index contributed by atoms with van der Waals surface area (Å²) in [6.07, 6.45) is -1.85. The summed E-state index contributed by atoms with van der Waals surface area (Å²) in [5.74, 6) is -0.195. The van der Waals surface area contributed by atoms with Crippen molar-refractivity contribution < 1.29 is 27.4 Å². The van der Waals surface area contributed by atoms with Crippen molar-refractivity contribution in [2.45, 2.75) is 57.2 Å². The number of nitrogens with one attached hydrogen (secondary N) is 2. The zero-order valence-electron chi connectivity index (χ0n) is 18.5. The number of rotatable bonds is 6. The molecule has 2 aromatic heterocycles. The van der Waals surface area contributed by atoms with Crippen LogP contribution in [-0.2, 0) is 15.7 Å². The Morgan fingerprint density at radius 2 is 1.91 bits per heavy atom. The number of anilines is 3. The van der Waals surface area contributed by atoms with Crippen LogP contribution in [0.4, 0.5) is 30.6 Å². The van der Waals surface area contributed by atoms with Crippen LogP contribution in [0.5, 0.6) is 5.75 Å². The van der Waals surface area contributed by atoms with Gasteiger partial charge in [0.2, 0.25) is 17.7 Å². The fourth-order valence-electron chi connectivity index (χ4n) is 3.86. The number of aromatic nitrogens is 4. The van der Waals surface area contributed by atoms with Gasteiger partial charge >= 0.3 is 6.18 Å². The number of ether oxygens (including phenoxy) is 2. The van der Waals surface area contributed by atoms with E-state index in [0.29, 0.717) is 36.0 Å². The Balaban J connectivity index is 1.38. The van der Waals surface area contributed by atoms with Gasteiger partial charge in [0.05, 0.1) is 24.2 Å². The Kier molecular flexibility index (Phi) is 5.99. The molecule has 0 bridgehead atoms. The van der Waals surface area contributed by atoms with Gasteiger partial charge in [0.25, 0.3) is 0 Å². The monoisotopic (exact) mass is 467 g/mol. The molecule has 0 radical (unpaired) electrons. The van der Waals surface area contributed by atoms with Crippen LogP contribution in [-0.4, -0.2) is 64.3 Å². The molecule has 0 spiro atoms. The normalized spacial score (nSPS) is 23.3. The smallest absolute Gasteiger partial charge is 0.451 e. The minimum atomic E-state index is -4.59. The van der Waals surface area contributed by atoms with Crippen molar-refractivity contribution >= 4 is 23.4 Å². The molecule has 1 amide bonds. The quantitative estimate of drug-likeness (QED) is 0.661. The molecule has 3 heterocycles. The average Bonchev–Trinajstić information content (AvgIpc) is 2.72. The van der Waals surface area contributed by atoms with Gasteiger partial charge in [-0.1, -0.05) is 0 Å². The highest BCUT2D eigenvalue weighted by Gasteiger charge is 2.38. The van der Waals surface area contributed by atoms with Gasteiger partial charge in [0.1, 0.15) is 17.8 Å². The highest BCUT2D eigenvalue weighted by atomic mass is 19.4. The number of carbonyl (C=O) groups is 1. The second kappa shape index (κ2) is 8.61. The zero-order chi connectivity index (χ0) is 23.9. The third-order valence-electron chi connectivity index (χ3n) is 5.77. The molecule has 13 heteroatoms. The number of hydrogen-bond donors (Lipinski definition) is 2. The van der Waals surface area contributed by atoms with Crippen molar-refractivity contribution in [3.63, 3.8) is 0 Å². The predicted octanol–water partition coefficient (Wildman–Crippen LogP) is 2.41. The molecule has 4 rings (SSSR count). The van der Waals surface area contributed by atoms with Gasteiger partial charge in [-0.2, -0.15) is 18.2 Å². The third-order valence-corrected chi connectivity index (χ3v) is 5.77. The molecule has 10 nitrogen and oxygen atoms in total. The maximum atomic E-state index is 12.6. The van der Waals surface area contributed by atoms with E-state index in [1.165, 1.54) is 0 Å². The lowest BCUT2D eigenvalue weighted by Gasteiger charge is -2.38.